The summed E-state index contributed by atoms with van der Waals surface area (Å²) in [7, 11) is 0. The standard InChI is InChI=1S/C18H23N3O2/c1-13(2)18(22)21-10-8-14(9-11-21)12-16-19-20-17(23-16)15-6-4-3-5-7-15/h3-7,13-14H,8-12H2,1-2H3. The van der Waals surface area contributed by atoms with Crippen molar-refractivity contribution in [1.29, 1.82) is 0 Å². The van der Waals surface area contributed by atoms with Crippen LogP contribution in [-0.4, -0.2) is 34.1 Å². The van der Waals surface area contributed by atoms with Gasteiger partial charge in [0.05, 0.1) is 0 Å². The highest BCUT2D eigenvalue weighted by Gasteiger charge is 2.25. The van der Waals surface area contributed by atoms with Crippen LogP contribution in [0.5, 0.6) is 0 Å². The van der Waals surface area contributed by atoms with E-state index in [0.29, 0.717) is 17.7 Å². The van der Waals surface area contributed by atoms with Crippen LogP contribution in [0.4, 0.5) is 0 Å². The second kappa shape index (κ2) is 6.94. The summed E-state index contributed by atoms with van der Waals surface area (Å²) in [4.78, 5) is 14.0. The van der Waals surface area contributed by atoms with Crippen LogP contribution >= 0.6 is 0 Å². The van der Waals surface area contributed by atoms with Crippen molar-refractivity contribution in [3.63, 3.8) is 0 Å². The van der Waals surface area contributed by atoms with E-state index in [9.17, 15) is 4.79 Å². The highest BCUT2D eigenvalue weighted by atomic mass is 16.4. The van der Waals surface area contributed by atoms with Crippen LogP contribution in [0.15, 0.2) is 34.7 Å². The molecule has 0 spiro atoms. The molecule has 2 aromatic rings. The molecule has 0 bridgehead atoms. The number of nitrogens with zero attached hydrogens (tertiary/aromatic N) is 3. The molecule has 1 amide bonds. The lowest BCUT2D eigenvalue weighted by Gasteiger charge is -2.32. The van der Waals surface area contributed by atoms with Crippen molar-refractivity contribution in [2.75, 3.05) is 13.1 Å². The first-order valence-corrected chi connectivity index (χ1v) is 8.30. The fourth-order valence-electron chi connectivity index (χ4n) is 3.00. The zero-order valence-corrected chi connectivity index (χ0v) is 13.7. The average molecular weight is 313 g/mol. The number of hydrogen-bond acceptors (Lipinski definition) is 4. The fraction of sp³-hybridized carbons (Fsp3) is 0.500. The molecule has 1 saturated heterocycles. The Morgan fingerprint density at radius 3 is 2.57 bits per heavy atom. The number of rotatable bonds is 4. The highest BCUT2D eigenvalue weighted by molar-refractivity contribution is 5.78. The van der Waals surface area contributed by atoms with Crippen molar-refractivity contribution in [2.24, 2.45) is 11.8 Å². The Morgan fingerprint density at radius 1 is 1.22 bits per heavy atom. The van der Waals surface area contributed by atoms with Crippen molar-refractivity contribution in [3.05, 3.63) is 36.2 Å². The third-order valence-corrected chi connectivity index (χ3v) is 4.37. The normalized spacial score (nSPS) is 16.0. The summed E-state index contributed by atoms with van der Waals surface area (Å²) in [6.45, 7) is 5.58. The molecule has 0 unspecified atom stereocenters. The van der Waals surface area contributed by atoms with Crippen molar-refractivity contribution >= 4 is 5.91 Å². The Kier molecular flexibility index (Phi) is 4.74. The molecule has 23 heavy (non-hydrogen) atoms. The molecular formula is C18H23N3O2. The topological polar surface area (TPSA) is 59.2 Å². The van der Waals surface area contributed by atoms with Gasteiger partial charge in [0.2, 0.25) is 17.7 Å². The molecule has 0 atom stereocenters. The van der Waals surface area contributed by atoms with Gasteiger partial charge in [0.15, 0.2) is 0 Å². The number of carbonyl (C=O) groups excluding carboxylic acids is 1. The lowest BCUT2D eigenvalue weighted by molar-refractivity contribution is -0.135. The van der Waals surface area contributed by atoms with Gasteiger partial charge in [0, 0.05) is 31.0 Å². The number of benzene rings is 1. The van der Waals surface area contributed by atoms with Gasteiger partial charge >= 0.3 is 0 Å². The molecule has 0 N–H and O–H groups in total. The molecule has 5 heteroatoms. The van der Waals surface area contributed by atoms with Gasteiger partial charge in [0.25, 0.3) is 0 Å². The van der Waals surface area contributed by atoms with Gasteiger partial charge in [-0.25, -0.2) is 0 Å². The Balaban J connectivity index is 1.55. The van der Waals surface area contributed by atoms with Gasteiger partial charge in [-0.1, -0.05) is 32.0 Å². The number of aromatic nitrogens is 2. The zero-order chi connectivity index (χ0) is 16.2. The molecule has 122 valence electrons. The first kappa shape index (κ1) is 15.7. The van der Waals surface area contributed by atoms with Gasteiger partial charge in [-0.15, -0.1) is 10.2 Å². The molecule has 1 aliphatic heterocycles. The Hall–Kier alpha value is -2.17. The summed E-state index contributed by atoms with van der Waals surface area (Å²) >= 11 is 0. The quantitative estimate of drug-likeness (QED) is 0.870. The minimum absolute atomic E-state index is 0.0796. The monoisotopic (exact) mass is 313 g/mol. The largest absolute Gasteiger partial charge is 0.421 e. The number of amides is 1. The van der Waals surface area contributed by atoms with E-state index in [1.54, 1.807) is 0 Å². The summed E-state index contributed by atoms with van der Waals surface area (Å²) in [6.07, 6.45) is 2.80. The SMILES string of the molecule is CC(C)C(=O)N1CCC(Cc2nnc(-c3ccccc3)o2)CC1. The fourth-order valence-corrected chi connectivity index (χ4v) is 3.00. The molecule has 0 aliphatic carbocycles. The van der Waals surface area contributed by atoms with Crippen LogP contribution in [0.3, 0.4) is 0 Å². The van der Waals surface area contributed by atoms with Crippen LogP contribution in [0, 0.1) is 11.8 Å². The first-order valence-electron chi connectivity index (χ1n) is 8.30. The van der Waals surface area contributed by atoms with E-state index in [4.69, 9.17) is 4.42 Å². The number of piperidine rings is 1. The molecule has 3 rings (SSSR count). The zero-order valence-electron chi connectivity index (χ0n) is 13.7. The molecule has 0 radical (unpaired) electrons. The van der Waals surface area contributed by atoms with Crippen LogP contribution in [0.1, 0.15) is 32.6 Å². The van der Waals surface area contributed by atoms with Gasteiger partial charge in [0.1, 0.15) is 0 Å². The van der Waals surface area contributed by atoms with Crippen LogP contribution in [0.25, 0.3) is 11.5 Å². The van der Waals surface area contributed by atoms with E-state index in [-0.39, 0.29) is 11.8 Å². The highest BCUT2D eigenvalue weighted by Crippen LogP contribution is 2.24. The van der Waals surface area contributed by atoms with Gasteiger partial charge in [-0.2, -0.15) is 0 Å². The molecule has 5 nitrogen and oxygen atoms in total. The molecule has 1 fully saturated rings. The minimum atomic E-state index is 0.0796. The second-order valence-corrected chi connectivity index (χ2v) is 6.49. The lowest BCUT2D eigenvalue weighted by atomic mass is 9.93. The second-order valence-electron chi connectivity index (χ2n) is 6.49. The van der Waals surface area contributed by atoms with Gasteiger partial charge in [-0.3, -0.25) is 4.79 Å². The van der Waals surface area contributed by atoms with Crippen molar-refractivity contribution in [1.82, 2.24) is 15.1 Å². The maximum absolute atomic E-state index is 12.0. The summed E-state index contributed by atoms with van der Waals surface area (Å²) in [5.41, 5.74) is 0.948. The van der Waals surface area contributed by atoms with Crippen LogP contribution in [0.2, 0.25) is 0 Å². The van der Waals surface area contributed by atoms with Gasteiger partial charge in [-0.05, 0) is 30.9 Å². The summed E-state index contributed by atoms with van der Waals surface area (Å²) in [5.74, 6) is 2.12. The average Bonchev–Trinajstić information content (AvgIpc) is 3.04. The summed E-state index contributed by atoms with van der Waals surface area (Å²) in [6, 6.07) is 9.81. The Labute approximate surface area is 136 Å². The molecule has 1 aromatic heterocycles. The van der Waals surface area contributed by atoms with E-state index in [0.717, 1.165) is 37.9 Å². The van der Waals surface area contributed by atoms with Crippen molar-refractivity contribution in [3.8, 4) is 11.5 Å². The predicted molar refractivity (Wildman–Crippen MR) is 87.6 cm³/mol. The first-order chi connectivity index (χ1) is 11.1. The van der Waals surface area contributed by atoms with E-state index in [1.807, 2.05) is 49.1 Å². The van der Waals surface area contributed by atoms with Gasteiger partial charge < -0.3 is 9.32 Å². The smallest absolute Gasteiger partial charge is 0.247 e. The molecule has 1 aliphatic rings. The van der Waals surface area contributed by atoms with Crippen LogP contribution in [-0.2, 0) is 11.2 Å². The van der Waals surface area contributed by atoms with E-state index >= 15 is 0 Å². The molecule has 0 saturated carbocycles. The van der Waals surface area contributed by atoms with Crippen molar-refractivity contribution < 1.29 is 9.21 Å². The molecule has 1 aromatic carbocycles. The number of hydrogen-bond donors (Lipinski definition) is 0. The predicted octanol–water partition coefficient (Wildman–Crippen LogP) is 3.17. The Morgan fingerprint density at radius 2 is 1.91 bits per heavy atom. The molecule has 2 heterocycles. The summed E-state index contributed by atoms with van der Waals surface area (Å²) < 4.78 is 5.78. The maximum Gasteiger partial charge on any atom is 0.247 e. The van der Waals surface area contributed by atoms with E-state index in [2.05, 4.69) is 10.2 Å². The third-order valence-electron chi connectivity index (χ3n) is 4.37. The van der Waals surface area contributed by atoms with E-state index in [1.165, 1.54) is 0 Å². The minimum Gasteiger partial charge on any atom is -0.421 e. The number of carbonyl (C=O) groups is 1. The lowest BCUT2D eigenvalue weighted by Crippen LogP contribution is -2.40. The Bertz CT molecular complexity index is 643. The molecular weight excluding hydrogens is 290 g/mol. The third kappa shape index (κ3) is 3.78. The van der Waals surface area contributed by atoms with Crippen LogP contribution < -0.4 is 0 Å². The number of likely N-dealkylation sites (tertiary alicyclic amines) is 1. The van der Waals surface area contributed by atoms with E-state index < -0.39 is 0 Å². The maximum atomic E-state index is 12.0. The summed E-state index contributed by atoms with van der Waals surface area (Å²) in [5, 5.41) is 8.31. The van der Waals surface area contributed by atoms with Crippen molar-refractivity contribution in [2.45, 2.75) is 33.1 Å².